The van der Waals surface area contributed by atoms with E-state index in [1.54, 1.807) is 7.11 Å². The molecule has 1 N–H and O–H groups in total. The summed E-state index contributed by atoms with van der Waals surface area (Å²) in [4.78, 5) is 0. The van der Waals surface area contributed by atoms with Crippen molar-refractivity contribution in [3.8, 4) is 5.75 Å². The molecule has 1 unspecified atom stereocenters. The molecular weight excluding hydrogens is 234 g/mol. The van der Waals surface area contributed by atoms with Gasteiger partial charge in [0.2, 0.25) is 0 Å². The lowest BCUT2D eigenvalue weighted by atomic mass is 9.95. The topological polar surface area (TPSA) is 21.3 Å². The summed E-state index contributed by atoms with van der Waals surface area (Å²) in [6.07, 6.45) is 1.13. The number of nitrogens with one attached hydrogen (secondary N) is 1. The highest BCUT2D eigenvalue weighted by Gasteiger charge is 2.16. The van der Waals surface area contributed by atoms with Crippen LogP contribution in [-0.2, 0) is 0 Å². The van der Waals surface area contributed by atoms with Crippen LogP contribution in [0.25, 0.3) is 0 Å². The fourth-order valence-electron chi connectivity index (χ4n) is 1.91. The van der Waals surface area contributed by atoms with Crippen LogP contribution in [-0.4, -0.2) is 13.7 Å². The average molecular weight is 256 g/mol. The molecule has 0 saturated heterocycles. The fourth-order valence-corrected chi connectivity index (χ4v) is 2.10. The minimum absolute atomic E-state index is 0.348. The molecule has 3 heteroatoms. The first-order chi connectivity index (χ1) is 8.10. The Morgan fingerprint density at radius 3 is 2.59 bits per heavy atom. The molecule has 0 radical (unpaired) electrons. The molecule has 96 valence electrons. The van der Waals surface area contributed by atoms with E-state index in [1.165, 1.54) is 5.56 Å². The maximum Gasteiger partial charge on any atom is 0.137 e. The number of rotatable bonds is 6. The average Bonchev–Trinajstić information content (AvgIpc) is 2.31. The number of benzene rings is 1. The van der Waals surface area contributed by atoms with E-state index in [1.807, 2.05) is 12.1 Å². The zero-order valence-electron chi connectivity index (χ0n) is 11.1. The molecule has 2 nitrogen and oxygen atoms in total. The Morgan fingerprint density at radius 1 is 1.35 bits per heavy atom. The van der Waals surface area contributed by atoms with Gasteiger partial charge >= 0.3 is 0 Å². The normalized spacial score (nSPS) is 12.8. The van der Waals surface area contributed by atoms with E-state index in [-0.39, 0.29) is 0 Å². The molecule has 0 aliphatic rings. The number of ether oxygens (including phenoxy) is 1. The number of hydrogen-bond donors (Lipinski definition) is 1. The van der Waals surface area contributed by atoms with Crippen molar-refractivity contribution in [1.29, 1.82) is 0 Å². The molecule has 0 aliphatic carbocycles. The van der Waals surface area contributed by atoms with Crippen LogP contribution in [0, 0.1) is 5.92 Å². The van der Waals surface area contributed by atoms with Crippen LogP contribution < -0.4 is 10.1 Å². The molecule has 0 heterocycles. The molecule has 17 heavy (non-hydrogen) atoms. The molecule has 1 aromatic carbocycles. The van der Waals surface area contributed by atoms with Crippen LogP contribution in [0.5, 0.6) is 5.75 Å². The second-order valence-corrected chi connectivity index (χ2v) is 4.98. The van der Waals surface area contributed by atoms with Gasteiger partial charge in [-0.25, -0.2) is 0 Å². The van der Waals surface area contributed by atoms with Crippen molar-refractivity contribution in [3.63, 3.8) is 0 Å². The lowest BCUT2D eigenvalue weighted by Gasteiger charge is -2.23. The van der Waals surface area contributed by atoms with Gasteiger partial charge in [0.1, 0.15) is 5.75 Å². The largest absolute Gasteiger partial charge is 0.495 e. The first-order valence-electron chi connectivity index (χ1n) is 6.17. The predicted molar refractivity (Wildman–Crippen MR) is 73.9 cm³/mol. The quantitative estimate of drug-likeness (QED) is 0.828. The second-order valence-electron chi connectivity index (χ2n) is 4.57. The van der Waals surface area contributed by atoms with Gasteiger partial charge in [0.25, 0.3) is 0 Å². The summed E-state index contributed by atoms with van der Waals surface area (Å²) >= 11 is 6.04. The first-order valence-corrected chi connectivity index (χ1v) is 6.54. The van der Waals surface area contributed by atoms with Crippen LogP contribution in [0.4, 0.5) is 0 Å². The minimum atomic E-state index is 0.348. The van der Waals surface area contributed by atoms with Crippen LogP contribution >= 0.6 is 11.6 Å². The summed E-state index contributed by atoms with van der Waals surface area (Å²) in [6, 6.07) is 6.34. The Kier molecular flexibility index (Phi) is 5.79. The molecule has 1 rings (SSSR count). The molecular formula is C14H22ClNO. The Labute approximate surface area is 109 Å². The first kappa shape index (κ1) is 14.3. The highest BCUT2D eigenvalue weighted by Crippen LogP contribution is 2.30. The van der Waals surface area contributed by atoms with Gasteiger partial charge in [0.15, 0.2) is 0 Å². The van der Waals surface area contributed by atoms with Crippen molar-refractivity contribution in [1.82, 2.24) is 5.32 Å². The molecule has 1 aromatic rings. The zero-order valence-corrected chi connectivity index (χ0v) is 11.8. The smallest absolute Gasteiger partial charge is 0.137 e. The zero-order chi connectivity index (χ0) is 12.8. The van der Waals surface area contributed by atoms with Crippen LogP contribution in [0.15, 0.2) is 18.2 Å². The number of halogens is 1. The van der Waals surface area contributed by atoms with Gasteiger partial charge < -0.3 is 10.1 Å². The van der Waals surface area contributed by atoms with E-state index >= 15 is 0 Å². The van der Waals surface area contributed by atoms with E-state index < -0.39 is 0 Å². The van der Waals surface area contributed by atoms with Crippen molar-refractivity contribution >= 4 is 11.6 Å². The van der Waals surface area contributed by atoms with Gasteiger partial charge in [0.05, 0.1) is 12.1 Å². The van der Waals surface area contributed by atoms with E-state index in [0.29, 0.717) is 17.0 Å². The van der Waals surface area contributed by atoms with Crippen molar-refractivity contribution in [2.75, 3.05) is 13.7 Å². The van der Waals surface area contributed by atoms with Gasteiger partial charge in [-0.2, -0.15) is 0 Å². The predicted octanol–water partition coefficient (Wildman–Crippen LogP) is 4.05. The fraction of sp³-hybridized carbons (Fsp3) is 0.571. The van der Waals surface area contributed by atoms with Crippen molar-refractivity contribution in [3.05, 3.63) is 28.8 Å². The molecule has 0 bridgehead atoms. The molecule has 0 aromatic heterocycles. The number of methoxy groups -OCH3 is 1. The molecule has 0 aliphatic heterocycles. The lowest BCUT2D eigenvalue weighted by Crippen LogP contribution is -2.26. The molecule has 0 amide bonds. The molecule has 0 saturated carbocycles. The SMILES string of the molecule is CCCNC(c1ccc(Cl)c(OC)c1)C(C)C. The monoisotopic (exact) mass is 255 g/mol. The van der Waals surface area contributed by atoms with E-state index in [4.69, 9.17) is 16.3 Å². The Hall–Kier alpha value is -0.730. The van der Waals surface area contributed by atoms with Crippen LogP contribution in [0.2, 0.25) is 5.02 Å². The van der Waals surface area contributed by atoms with Crippen LogP contribution in [0.1, 0.15) is 38.8 Å². The Balaban J connectivity index is 2.93. The molecule has 1 atom stereocenters. The number of hydrogen-bond acceptors (Lipinski definition) is 2. The third-order valence-corrected chi connectivity index (χ3v) is 3.13. The highest BCUT2D eigenvalue weighted by molar-refractivity contribution is 6.32. The Bertz CT molecular complexity index is 352. The molecule has 0 fully saturated rings. The van der Waals surface area contributed by atoms with Crippen molar-refractivity contribution < 1.29 is 4.74 Å². The van der Waals surface area contributed by atoms with Gasteiger partial charge in [-0.3, -0.25) is 0 Å². The summed E-state index contributed by atoms with van der Waals surface area (Å²) < 4.78 is 5.26. The summed E-state index contributed by atoms with van der Waals surface area (Å²) in [7, 11) is 1.65. The minimum Gasteiger partial charge on any atom is -0.495 e. The summed E-state index contributed by atoms with van der Waals surface area (Å²) in [5, 5.41) is 4.22. The highest BCUT2D eigenvalue weighted by atomic mass is 35.5. The van der Waals surface area contributed by atoms with Gasteiger partial charge in [-0.05, 0) is 36.6 Å². The standard InChI is InChI=1S/C14H22ClNO/c1-5-8-16-14(10(2)3)11-6-7-12(15)13(9-11)17-4/h6-7,9-10,14,16H,5,8H2,1-4H3. The van der Waals surface area contributed by atoms with E-state index in [9.17, 15) is 0 Å². The summed E-state index contributed by atoms with van der Waals surface area (Å²) in [5.74, 6) is 1.28. The van der Waals surface area contributed by atoms with Crippen molar-refractivity contribution in [2.45, 2.75) is 33.2 Å². The third-order valence-electron chi connectivity index (χ3n) is 2.82. The Morgan fingerprint density at radius 2 is 2.06 bits per heavy atom. The molecule has 0 spiro atoms. The van der Waals surface area contributed by atoms with Gasteiger partial charge in [0, 0.05) is 6.04 Å². The van der Waals surface area contributed by atoms with E-state index in [2.05, 4.69) is 32.2 Å². The van der Waals surface area contributed by atoms with Gasteiger partial charge in [-0.15, -0.1) is 0 Å². The maximum absolute atomic E-state index is 6.04. The van der Waals surface area contributed by atoms with E-state index in [0.717, 1.165) is 18.7 Å². The van der Waals surface area contributed by atoms with Crippen molar-refractivity contribution in [2.24, 2.45) is 5.92 Å². The van der Waals surface area contributed by atoms with Crippen LogP contribution in [0.3, 0.4) is 0 Å². The second kappa shape index (κ2) is 6.87. The summed E-state index contributed by atoms with van der Waals surface area (Å²) in [5.41, 5.74) is 1.23. The maximum atomic E-state index is 6.04. The third kappa shape index (κ3) is 3.90. The lowest BCUT2D eigenvalue weighted by molar-refractivity contribution is 0.399. The summed E-state index contributed by atoms with van der Waals surface area (Å²) in [6.45, 7) is 7.63. The van der Waals surface area contributed by atoms with Gasteiger partial charge in [-0.1, -0.05) is 38.4 Å².